The maximum absolute atomic E-state index is 12.3. The number of thiazole rings is 1. The van der Waals surface area contributed by atoms with Crippen molar-refractivity contribution in [2.24, 2.45) is 0 Å². The number of nitrogens with zero attached hydrogens (tertiary/aromatic N) is 1. The van der Waals surface area contributed by atoms with Gasteiger partial charge in [-0.15, -0.1) is 11.3 Å². The van der Waals surface area contributed by atoms with Crippen molar-refractivity contribution < 1.29 is 9.53 Å². The first kappa shape index (κ1) is 15.2. The molecule has 0 aliphatic carbocycles. The number of amides is 1. The van der Waals surface area contributed by atoms with Crippen LogP contribution in [0.15, 0.2) is 60.0 Å². The van der Waals surface area contributed by atoms with E-state index < -0.39 is 0 Å². The molecule has 1 heterocycles. The fourth-order valence-corrected chi connectivity index (χ4v) is 2.89. The minimum absolute atomic E-state index is 0.215. The summed E-state index contributed by atoms with van der Waals surface area (Å²) in [5.41, 5.74) is 2.15. The van der Waals surface area contributed by atoms with Crippen molar-refractivity contribution in [2.45, 2.75) is 6.92 Å². The molecule has 0 radical (unpaired) electrons. The van der Waals surface area contributed by atoms with Crippen LogP contribution in [-0.2, 0) is 0 Å². The Bertz CT molecular complexity index is 782. The van der Waals surface area contributed by atoms with Gasteiger partial charge in [0.15, 0.2) is 0 Å². The van der Waals surface area contributed by atoms with Crippen molar-refractivity contribution in [3.8, 4) is 16.3 Å². The predicted molar refractivity (Wildman–Crippen MR) is 93.1 cm³/mol. The van der Waals surface area contributed by atoms with Gasteiger partial charge in [0.05, 0.1) is 6.61 Å². The fourth-order valence-electron chi connectivity index (χ4n) is 2.09. The van der Waals surface area contributed by atoms with Gasteiger partial charge in [-0.3, -0.25) is 4.79 Å². The summed E-state index contributed by atoms with van der Waals surface area (Å²) in [6.45, 7) is 2.55. The molecule has 116 valence electrons. The molecule has 0 spiro atoms. The van der Waals surface area contributed by atoms with Crippen molar-refractivity contribution in [1.29, 1.82) is 0 Å². The van der Waals surface area contributed by atoms with Gasteiger partial charge in [-0.25, -0.2) is 4.98 Å². The monoisotopic (exact) mass is 324 g/mol. The second kappa shape index (κ2) is 7.07. The van der Waals surface area contributed by atoms with E-state index >= 15 is 0 Å². The van der Waals surface area contributed by atoms with Gasteiger partial charge in [0.25, 0.3) is 5.91 Å². The highest BCUT2D eigenvalue weighted by Crippen LogP contribution is 2.24. The molecule has 0 fully saturated rings. The topological polar surface area (TPSA) is 51.2 Å². The summed E-state index contributed by atoms with van der Waals surface area (Å²) < 4.78 is 5.38. The van der Waals surface area contributed by atoms with Gasteiger partial charge in [0, 0.05) is 16.6 Å². The zero-order valence-corrected chi connectivity index (χ0v) is 13.5. The second-order valence-electron chi connectivity index (χ2n) is 4.82. The molecule has 23 heavy (non-hydrogen) atoms. The highest BCUT2D eigenvalue weighted by atomic mass is 32.1. The lowest BCUT2D eigenvalue weighted by Crippen LogP contribution is -2.12. The summed E-state index contributed by atoms with van der Waals surface area (Å²) in [6.07, 6.45) is 0. The summed E-state index contributed by atoms with van der Waals surface area (Å²) in [5, 5.41) is 5.45. The Kier molecular flexibility index (Phi) is 4.68. The van der Waals surface area contributed by atoms with Gasteiger partial charge in [0.1, 0.15) is 16.5 Å². The van der Waals surface area contributed by atoms with E-state index in [0.29, 0.717) is 18.0 Å². The molecule has 5 heteroatoms. The van der Waals surface area contributed by atoms with Gasteiger partial charge in [-0.2, -0.15) is 0 Å². The third-order valence-corrected chi connectivity index (χ3v) is 4.07. The molecule has 0 saturated heterocycles. The molecular weight excluding hydrogens is 308 g/mol. The standard InChI is InChI=1S/C18H16N2O2S/c1-2-22-15-10-8-14(9-11-15)19-17(21)16-12-23-18(20-16)13-6-4-3-5-7-13/h3-12H,2H2,1H3,(H,19,21). The first-order chi connectivity index (χ1) is 11.3. The number of carbonyl (C=O) groups is 1. The summed E-state index contributed by atoms with van der Waals surface area (Å²) in [6, 6.07) is 17.1. The van der Waals surface area contributed by atoms with Crippen LogP contribution in [0.25, 0.3) is 10.6 Å². The average Bonchev–Trinajstić information content (AvgIpc) is 3.08. The first-order valence-corrected chi connectivity index (χ1v) is 8.19. The molecule has 3 aromatic rings. The summed E-state index contributed by atoms with van der Waals surface area (Å²) >= 11 is 1.46. The molecule has 0 saturated carbocycles. The highest BCUT2D eigenvalue weighted by molar-refractivity contribution is 7.13. The van der Waals surface area contributed by atoms with Crippen molar-refractivity contribution >= 4 is 22.9 Å². The van der Waals surface area contributed by atoms with Crippen LogP contribution in [0.2, 0.25) is 0 Å². The molecular formula is C18H16N2O2S. The van der Waals surface area contributed by atoms with Crippen molar-refractivity contribution in [3.05, 3.63) is 65.7 Å². The molecule has 0 aliphatic heterocycles. The van der Waals surface area contributed by atoms with E-state index in [1.54, 1.807) is 5.38 Å². The average molecular weight is 324 g/mol. The molecule has 0 unspecified atom stereocenters. The molecule has 1 N–H and O–H groups in total. The van der Waals surface area contributed by atoms with E-state index in [4.69, 9.17) is 4.74 Å². The number of hydrogen-bond acceptors (Lipinski definition) is 4. The highest BCUT2D eigenvalue weighted by Gasteiger charge is 2.12. The Morgan fingerprint density at radius 2 is 1.87 bits per heavy atom. The Hall–Kier alpha value is -2.66. The normalized spacial score (nSPS) is 10.3. The van der Waals surface area contributed by atoms with Crippen LogP contribution < -0.4 is 10.1 Å². The molecule has 2 aromatic carbocycles. The van der Waals surface area contributed by atoms with Crippen LogP contribution in [0.4, 0.5) is 5.69 Å². The minimum Gasteiger partial charge on any atom is -0.494 e. The second-order valence-corrected chi connectivity index (χ2v) is 5.67. The number of nitrogens with one attached hydrogen (secondary N) is 1. The van der Waals surface area contributed by atoms with E-state index in [9.17, 15) is 4.79 Å². The number of hydrogen-bond donors (Lipinski definition) is 1. The maximum atomic E-state index is 12.3. The van der Waals surface area contributed by atoms with E-state index in [2.05, 4.69) is 10.3 Å². The molecule has 1 amide bonds. The number of aromatic nitrogens is 1. The quantitative estimate of drug-likeness (QED) is 0.754. The molecule has 1 aromatic heterocycles. The van der Waals surface area contributed by atoms with E-state index in [0.717, 1.165) is 16.3 Å². The lowest BCUT2D eigenvalue weighted by molar-refractivity contribution is 0.102. The smallest absolute Gasteiger partial charge is 0.275 e. The van der Waals surface area contributed by atoms with Crippen LogP contribution in [-0.4, -0.2) is 17.5 Å². The predicted octanol–water partition coefficient (Wildman–Crippen LogP) is 4.46. The molecule has 0 aliphatic rings. The first-order valence-electron chi connectivity index (χ1n) is 7.31. The van der Waals surface area contributed by atoms with Gasteiger partial charge in [0.2, 0.25) is 0 Å². The molecule has 4 nitrogen and oxygen atoms in total. The third-order valence-electron chi connectivity index (χ3n) is 3.18. The van der Waals surface area contributed by atoms with E-state index in [1.807, 2.05) is 61.5 Å². The van der Waals surface area contributed by atoms with Gasteiger partial charge in [-0.05, 0) is 31.2 Å². The van der Waals surface area contributed by atoms with E-state index in [1.165, 1.54) is 11.3 Å². The zero-order valence-electron chi connectivity index (χ0n) is 12.7. The van der Waals surface area contributed by atoms with Crippen LogP contribution in [0.3, 0.4) is 0 Å². The Morgan fingerprint density at radius 3 is 2.57 bits per heavy atom. The Balaban J connectivity index is 1.70. The number of anilines is 1. The zero-order chi connectivity index (χ0) is 16.1. The Morgan fingerprint density at radius 1 is 1.13 bits per heavy atom. The maximum Gasteiger partial charge on any atom is 0.275 e. The number of rotatable bonds is 5. The minimum atomic E-state index is -0.215. The third kappa shape index (κ3) is 3.76. The fraction of sp³-hybridized carbons (Fsp3) is 0.111. The van der Waals surface area contributed by atoms with Crippen LogP contribution in [0.1, 0.15) is 17.4 Å². The van der Waals surface area contributed by atoms with Gasteiger partial charge < -0.3 is 10.1 Å². The number of ether oxygens (including phenoxy) is 1. The molecule has 0 atom stereocenters. The molecule has 3 rings (SSSR count). The summed E-state index contributed by atoms with van der Waals surface area (Å²) in [7, 11) is 0. The SMILES string of the molecule is CCOc1ccc(NC(=O)c2csc(-c3ccccc3)n2)cc1. The number of benzene rings is 2. The van der Waals surface area contributed by atoms with Crippen LogP contribution in [0, 0.1) is 0 Å². The van der Waals surface area contributed by atoms with Crippen LogP contribution in [0.5, 0.6) is 5.75 Å². The number of carbonyl (C=O) groups excluding carboxylic acids is 1. The largest absolute Gasteiger partial charge is 0.494 e. The van der Waals surface area contributed by atoms with Gasteiger partial charge in [-0.1, -0.05) is 30.3 Å². The van der Waals surface area contributed by atoms with Crippen LogP contribution >= 0.6 is 11.3 Å². The molecule has 0 bridgehead atoms. The summed E-state index contributed by atoms with van der Waals surface area (Å²) in [4.78, 5) is 16.7. The summed E-state index contributed by atoms with van der Waals surface area (Å²) in [5.74, 6) is 0.568. The lowest BCUT2D eigenvalue weighted by atomic mass is 10.2. The van der Waals surface area contributed by atoms with Crippen molar-refractivity contribution in [1.82, 2.24) is 4.98 Å². The Labute approximate surface area is 138 Å². The van der Waals surface area contributed by atoms with Crippen molar-refractivity contribution in [2.75, 3.05) is 11.9 Å². The lowest BCUT2D eigenvalue weighted by Gasteiger charge is -2.05. The van der Waals surface area contributed by atoms with Crippen molar-refractivity contribution in [3.63, 3.8) is 0 Å². The van der Waals surface area contributed by atoms with Gasteiger partial charge >= 0.3 is 0 Å². The van der Waals surface area contributed by atoms with E-state index in [-0.39, 0.29) is 5.91 Å².